The highest BCUT2D eigenvalue weighted by Gasteiger charge is 2.45. The molecule has 1 amide bonds. The largest absolute Gasteiger partial charge is 0.493 e. The molecule has 2 saturated heterocycles. The Balaban J connectivity index is 1.45. The van der Waals surface area contributed by atoms with Gasteiger partial charge in [0.15, 0.2) is 11.5 Å². The Bertz CT molecular complexity index is 992. The second-order valence-electron chi connectivity index (χ2n) is 10.6. The molecule has 1 spiro atoms. The summed E-state index contributed by atoms with van der Waals surface area (Å²) < 4.78 is 24.3. The predicted molar refractivity (Wildman–Crippen MR) is 136 cm³/mol. The Morgan fingerprint density at radius 3 is 2.43 bits per heavy atom. The minimum absolute atomic E-state index is 0.0113. The van der Waals surface area contributed by atoms with Gasteiger partial charge in [0.25, 0.3) is 5.91 Å². The molecule has 35 heavy (non-hydrogen) atoms. The van der Waals surface area contributed by atoms with E-state index in [9.17, 15) is 4.79 Å². The van der Waals surface area contributed by atoms with E-state index in [1.807, 2.05) is 50.8 Å². The molecular weight excluding hydrogens is 442 g/mol. The minimum atomic E-state index is -0.350. The molecule has 0 bridgehead atoms. The first-order valence-corrected chi connectivity index (χ1v) is 12.7. The molecule has 4 rings (SSSR count). The van der Waals surface area contributed by atoms with Gasteiger partial charge in [-0.25, -0.2) is 0 Å². The van der Waals surface area contributed by atoms with Crippen molar-refractivity contribution in [2.24, 2.45) is 0 Å². The highest BCUT2D eigenvalue weighted by Crippen LogP contribution is 2.44. The quantitative estimate of drug-likeness (QED) is 0.522. The van der Waals surface area contributed by atoms with Crippen molar-refractivity contribution in [3.05, 3.63) is 59.7 Å². The van der Waals surface area contributed by atoms with Gasteiger partial charge in [0.2, 0.25) is 0 Å². The summed E-state index contributed by atoms with van der Waals surface area (Å²) in [5.74, 6) is 1.22. The van der Waals surface area contributed by atoms with E-state index in [1.54, 1.807) is 13.2 Å². The van der Waals surface area contributed by atoms with Crippen LogP contribution in [-0.2, 0) is 9.47 Å². The fourth-order valence-electron chi connectivity index (χ4n) is 5.21. The highest BCUT2D eigenvalue weighted by atomic mass is 16.5. The standard InChI is InChI=1S/C29H39NO5/c1-6-33-23-19-25(21-10-8-7-9-11-21)35-29(20-23)14-16-30(17-15-29)27(31)22-12-13-24(26(18-22)32-5)34-28(2,3)4/h7-13,18,23,25H,6,14-17,19-20H2,1-5H3/t23-,25-/m0/s1. The van der Waals surface area contributed by atoms with Crippen molar-refractivity contribution in [1.29, 1.82) is 0 Å². The molecule has 0 N–H and O–H groups in total. The van der Waals surface area contributed by atoms with Crippen LogP contribution in [0.15, 0.2) is 48.5 Å². The number of rotatable bonds is 6. The molecular formula is C29H39NO5. The van der Waals surface area contributed by atoms with Gasteiger partial charge >= 0.3 is 0 Å². The lowest BCUT2D eigenvalue weighted by atomic mass is 9.80. The molecule has 2 aromatic carbocycles. The molecule has 2 heterocycles. The fraction of sp³-hybridized carbons (Fsp3) is 0.552. The van der Waals surface area contributed by atoms with E-state index in [-0.39, 0.29) is 29.3 Å². The van der Waals surface area contributed by atoms with Crippen LogP contribution in [0.25, 0.3) is 0 Å². The lowest BCUT2D eigenvalue weighted by Crippen LogP contribution is -2.52. The van der Waals surface area contributed by atoms with E-state index < -0.39 is 0 Å². The number of piperidine rings is 1. The number of benzene rings is 2. The van der Waals surface area contributed by atoms with Gasteiger partial charge in [-0.15, -0.1) is 0 Å². The van der Waals surface area contributed by atoms with E-state index in [0.29, 0.717) is 36.8 Å². The SMILES string of the molecule is CCO[C@H]1C[C@@H](c2ccccc2)OC2(CCN(C(=O)c3ccc(OC(C)(C)C)c(OC)c3)CC2)C1. The van der Waals surface area contributed by atoms with Gasteiger partial charge in [-0.1, -0.05) is 30.3 Å². The zero-order valence-corrected chi connectivity index (χ0v) is 21.7. The molecule has 0 unspecified atom stereocenters. The number of hydrogen-bond donors (Lipinski definition) is 0. The van der Waals surface area contributed by atoms with Crippen molar-refractivity contribution >= 4 is 5.91 Å². The third kappa shape index (κ3) is 6.17. The number of amides is 1. The molecule has 2 aliphatic heterocycles. The Kier molecular flexibility index (Phi) is 7.72. The van der Waals surface area contributed by atoms with Crippen LogP contribution < -0.4 is 9.47 Å². The molecule has 2 fully saturated rings. The smallest absolute Gasteiger partial charge is 0.253 e. The van der Waals surface area contributed by atoms with Crippen molar-refractivity contribution < 1.29 is 23.7 Å². The maximum atomic E-state index is 13.4. The molecule has 0 saturated carbocycles. The van der Waals surface area contributed by atoms with Crippen LogP contribution in [0.5, 0.6) is 11.5 Å². The van der Waals surface area contributed by atoms with Crippen LogP contribution in [0.3, 0.4) is 0 Å². The maximum absolute atomic E-state index is 13.4. The number of ether oxygens (including phenoxy) is 4. The number of hydrogen-bond acceptors (Lipinski definition) is 5. The molecule has 6 nitrogen and oxygen atoms in total. The first-order valence-electron chi connectivity index (χ1n) is 12.7. The Labute approximate surface area is 209 Å². The first-order chi connectivity index (χ1) is 16.7. The molecule has 0 aromatic heterocycles. The lowest BCUT2D eigenvalue weighted by molar-refractivity contribution is -0.190. The van der Waals surface area contributed by atoms with Crippen LogP contribution >= 0.6 is 0 Å². The topological polar surface area (TPSA) is 57.2 Å². The Morgan fingerprint density at radius 1 is 1.09 bits per heavy atom. The van der Waals surface area contributed by atoms with E-state index >= 15 is 0 Å². The fourth-order valence-corrected chi connectivity index (χ4v) is 5.21. The first kappa shape index (κ1) is 25.5. The molecule has 0 radical (unpaired) electrons. The predicted octanol–water partition coefficient (Wildman–Crippen LogP) is 5.80. The van der Waals surface area contributed by atoms with E-state index in [1.165, 1.54) is 5.56 Å². The number of methoxy groups -OCH3 is 1. The average Bonchev–Trinajstić information content (AvgIpc) is 2.84. The van der Waals surface area contributed by atoms with Crippen molar-refractivity contribution in [2.75, 3.05) is 26.8 Å². The molecule has 2 atom stereocenters. The summed E-state index contributed by atoms with van der Waals surface area (Å²) in [6.45, 7) is 10.0. The third-order valence-electron chi connectivity index (χ3n) is 6.83. The van der Waals surface area contributed by atoms with Crippen LogP contribution in [0.4, 0.5) is 0 Å². The van der Waals surface area contributed by atoms with Gasteiger partial charge in [-0.05, 0) is 64.3 Å². The van der Waals surface area contributed by atoms with Crippen molar-refractivity contribution in [1.82, 2.24) is 4.90 Å². The van der Waals surface area contributed by atoms with Gasteiger partial charge in [-0.2, -0.15) is 0 Å². The van der Waals surface area contributed by atoms with Crippen LogP contribution in [0.1, 0.15) is 75.4 Å². The molecule has 2 aliphatic rings. The zero-order chi connectivity index (χ0) is 25.1. The highest BCUT2D eigenvalue weighted by molar-refractivity contribution is 5.95. The normalized spacial score (nSPS) is 22.1. The van der Waals surface area contributed by atoms with Crippen LogP contribution in [0.2, 0.25) is 0 Å². The van der Waals surface area contributed by atoms with Crippen molar-refractivity contribution in [3.63, 3.8) is 0 Å². The third-order valence-corrected chi connectivity index (χ3v) is 6.83. The lowest BCUT2D eigenvalue weighted by Gasteiger charge is -2.48. The summed E-state index contributed by atoms with van der Waals surface area (Å²) in [4.78, 5) is 15.3. The summed E-state index contributed by atoms with van der Waals surface area (Å²) in [7, 11) is 1.60. The number of nitrogens with zero attached hydrogens (tertiary/aromatic N) is 1. The van der Waals surface area contributed by atoms with Gasteiger partial charge < -0.3 is 23.8 Å². The van der Waals surface area contributed by atoms with Crippen LogP contribution in [0, 0.1) is 0 Å². The van der Waals surface area contributed by atoms with Gasteiger partial charge in [-0.3, -0.25) is 4.79 Å². The molecule has 0 aliphatic carbocycles. The maximum Gasteiger partial charge on any atom is 0.253 e. The van der Waals surface area contributed by atoms with Gasteiger partial charge in [0.1, 0.15) is 5.60 Å². The summed E-state index contributed by atoms with van der Waals surface area (Å²) in [6, 6.07) is 15.8. The van der Waals surface area contributed by atoms with Crippen LogP contribution in [-0.4, -0.2) is 54.9 Å². The second kappa shape index (κ2) is 10.6. The van der Waals surface area contributed by atoms with Gasteiger partial charge in [0, 0.05) is 38.1 Å². The van der Waals surface area contributed by atoms with E-state index in [4.69, 9.17) is 18.9 Å². The summed E-state index contributed by atoms with van der Waals surface area (Å²) in [6.07, 6.45) is 3.52. The van der Waals surface area contributed by atoms with Gasteiger partial charge in [0.05, 0.1) is 24.9 Å². The summed E-state index contributed by atoms with van der Waals surface area (Å²) >= 11 is 0. The minimum Gasteiger partial charge on any atom is -0.493 e. The van der Waals surface area contributed by atoms with Crippen molar-refractivity contribution in [2.45, 2.75) is 76.8 Å². The number of carbonyl (C=O) groups is 1. The van der Waals surface area contributed by atoms with Crippen molar-refractivity contribution in [3.8, 4) is 11.5 Å². The number of carbonyl (C=O) groups excluding carboxylic acids is 1. The van der Waals surface area contributed by atoms with E-state index in [0.717, 1.165) is 25.7 Å². The second-order valence-corrected chi connectivity index (χ2v) is 10.6. The van der Waals surface area contributed by atoms with E-state index in [2.05, 4.69) is 24.3 Å². The summed E-state index contributed by atoms with van der Waals surface area (Å²) in [5.41, 5.74) is 1.19. The monoisotopic (exact) mass is 481 g/mol. The average molecular weight is 482 g/mol. The Morgan fingerprint density at radius 2 is 1.80 bits per heavy atom. The summed E-state index contributed by atoms with van der Waals surface area (Å²) in [5, 5.41) is 0. The Hall–Kier alpha value is -2.57. The molecule has 2 aromatic rings. The zero-order valence-electron chi connectivity index (χ0n) is 21.7. The molecule has 190 valence electrons. The number of likely N-dealkylation sites (tertiary alicyclic amines) is 1. The molecule has 6 heteroatoms.